The second kappa shape index (κ2) is 9.80. The molecule has 0 saturated carbocycles. The molecule has 1 N–H and O–H groups in total. The highest BCUT2D eigenvalue weighted by Crippen LogP contribution is 2.24. The maximum atomic E-state index is 13.2. The minimum absolute atomic E-state index is 0.130. The molecule has 1 aliphatic rings. The first kappa shape index (κ1) is 22.6. The van der Waals surface area contributed by atoms with Crippen LogP contribution >= 0.6 is 11.8 Å². The average molecular weight is 452 g/mol. The van der Waals surface area contributed by atoms with Crippen LogP contribution in [0.4, 0.5) is 10.1 Å². The van der Waals surface area contributed by atoms with Gasteiger partial charge in [-0.3, -0.25) is 9.10 Å². The van der Waals surface area contributed by atoms with Gasteiger partial charge >= 0.3 is 10.2 Å². The molecule has 0 radical (unpaired) electrons. The highest BCUT2D eigenvalue weighted by Gasteiger charge is 2.34. The number of nitrogens with zero attached hydrogens (tertiary/aromatic N) is 2. The maximum Gasteiger partial charge on any atom is 0.303 e. The lowest BCUT2D eigenvalue weighted by atomic mass is 9.99. The third kappa shape index (κ3) is 5.33. The molecule has 1 fully saturated rings. The van der Waals surface area contributed by atoms with Crippen molar-refractivity contribution in [3.8, 4) is 0 Å². The van der Waals surface area contributed by atoms with Crippen LogP contribution in [-0.4, -0.2) is 45.0 Å². The van der Waals surface area contributed by atoms with Gasteiger partial charge in [0.2, 0.25) is 5.91 Å². The Balaban J connectivity index is 1.61. The van der Waals surface area contributed by atoms with E-state index >= 15 is 0 Å². The van der Waals surface area contributed by atoms with Gasteiger partial charge in [0.25, 0.3) is 0 Å². The van der Waals surface area contributed by atoms with Crippen LogP contribution in [0.2, 0.25) is 0 Å². The second-order valence-corrected chi connectivity index (χ2v) is 10.1. The summed E-state index contributed by atoms with van der Waals surface area (Å²) < 4.78 is 41.6. The molecule has 1 atom stereocenters. The van der Waals surface area contributed by atoms with Gasteiger partial charge in [0, 0.05) is 31.6 Å². The van der Waals surface area contributed by atoms with Crippen molar-refractivity contribution < 1.29 is 17.6 Å². The standard InChI is InChI=1S/C21H26FN3O3S2/c1-24(19-9-7-18(22)8-10-19)30(27,28)25-13-3-4-17(15-25)21(26)23-14-16-5-11-20(29-2)12-6-16/h5-12,17H,3-4,13-15H2,1-2H3,(H,23,26)/t17-/m0/s1. The van der Waals surface area contributed by atoms with Gasteiger partial charge in [0.15, 0.2) is 0 Å². The molecule has 162 valence electrons. The first-order valence-electron chi connectivity index (χ1n) is 9.71. The van der Waals surface area contributed by atoms with E-state index in [-0.39, 0.29) is 12.5 Å². The van der Waals surface area contributed by atoms with Crippen molar-refractivity contribution in [2.45, 2.75) is 24.3 Å². The molecular formula is C21H26FN3O3S2. The van der Waals surface area contributed by atoms with Crippen molar-refractivity contribution in [2.24, 2.45) is 5.92 Å². The van der Waals surface area contributed by atoms with E-state index in [9.17, 15) is 17.6 Å². The lowest BCUT2D eigenvalue weighted by Gasteiger charge is -2.34. The van der Waals surface area contributed by atoms with E-state index in [1.165, 1.54) is 35.6 Å². The lowest BCUT2D eigenvalue weighted by molar-refractivity contribution is -0.126. The largest absolute Gasteiger partial charge is 0.352 e. The number of carbonyl (C=O) groups excluding carboxylic acids is 1. The van der Waals surface area contributed by atoms with Crippen LogP contribution in [0.3, 0.4) is 0 Å². The van der Waals surface area contributed by atoms with Gasteiger partial charge in [-0.2, -0.15) is 12.7 Å². The molecule has 0 aromatic heterocycles. The Labute approximate surface area is 181 Å². The van der Waals surface area contributed by atoms with Crippen LogP contribution < -0.4 is 9.62 Å². The molecule has 9 heteroatoms. The zero-order valence-corrected chi connectivity index (χ0v) is 18.7. The first-order chi connectivity index (χ1) is 14.3. The van der Waals surface area contributed by atoms with Crippen molar-refractivity contribution in [1.29, 1.82) is 0 Å². The molecule has 1 heterocycles. The van der Waals surface area contributed by atoms with Crippen molar-refractivity contribution in [3.63, 3.8) is 0 Å². The second-order valence-electron chi connectivity index (χ2n) is 7.21. The number of amides is 1. The summed E-state index contributed by atoms with van der Waals surface area (Å²) in [6, 6.07) is 13.2. The Hall–Kier alpha value is -2.10. The monoisotopic (exact) mass is 451 g/mol. The fraction of sp³-hybridized carbons (Fsp3) is 0.381. The topological polar surface area (TPSA) is 69.7 Å². The quantitative estimate of drug-likeness (QED) is 0.656. The van der Waals surface area contributed by atoms with Gasteiger partial charge in [-0.15, -0.1) is 11.8 Å². The first-order valence-corrected chi connectivity index (χ1v) is 12.3. The number of hydrogen-bond acceptors (Lipinski definition) is 4. The van der Waals surface area contributed by atoms with E-state index < -0.39 is 21.9 Å². The fourth-order valence-electron chi connectivity index (χ4n) is 3.40. The Kier molecular flexibility index (Phi) is 7.38. The van der Waals surface area contributed by atoms with Crippen LogP contribution in [0, 0.1) is 11.7 Å². The molecular weight excluding hydrogens is 425 g/mol. The molecule has 0 unspecified atom stereocenters. The van der Waals surface area contributed by atoms with E-state index in [0.29, 0.717) is 31.6 Å². The van der Waals surface area contributed by atoms with Gasteiger partial charge in [-0.1, -0.05) is 12.1 Å². The van der Waals surface area contributed by atoms with E-state index in [1.807, 2.05) is 30.5 Å². The molecule has 3 rings (SSSR count). The van der Waals surface area contributed by atoms with E-state index in [4.69, 9.17) is 0 Å². The van der Waals surface area contributed by atoms with Crippen molar-refractivity contribution in [2.75, 3.05) is 30.7 Å². The highest BCUT2D eigenvalue weighted by atomic mass is 32.2. The summed E-state index contributed by atoms with van der Waals surface area (Å²) in [5.41, 5.74) is 1.37. The number of thioether (sulfide) groups is 1. The predicted octanol–water partition coefficient (Wildman–Crippen LogP) is 3.26. The van der Waals surface area contributed by atoms with Gasteiger partial charge in [0.05, 0.1) is 11.6 Å². The van der Waals surface area contributed by atoms with Crippen molar-refractivity contribution >= 4 is 33.6 Å². The molecule has 1 amide bonds. The van der Waals surface area contributed by atoms with E-state index in [2.05, 4.69) is 5.32 Å². The van der Waals surface area contributed by atoms with Gasteiger partial charge in [-0.05, 0) is 61.1 Å². The molecule has 6 nitrogen and oxygen atoms in total. The molecule has 1 saturated heterocycles. The maximum absolute atomic E-state index is 13.2. The number of hydrogen-bond donors (Lipinski definition) is 1. The predicted molar refractivity (Wildman–Crippen MR) is 118 cm³/mol. The highest BCUT2D eigenvalue weighted by molar-refractivity contribution is 7.98. The zero-order chi connectivity index (χ0) is 21.7. The molecule has 30 heavy (non-hydrogen) atoms. The van der Waals surface area contributed by atoms with E-state index in [1.54, 1.807) is 11.8 Å². The molecule has 2 aromatic carbocycles. The number of anilines is 1. The van der Waals surface area contributed by atoms with Gasteiger partial charge < -0.3 is 5.32 Å². The van der Waals surface area contributed by atoms with Crippen LogP contribution in [0.1, 0.15) is 18.4 Å². The number of halogens is 1. The minimum Gasteiger partial charge on any atom is -0.352 e. The minimum atomic E-state index is -3.81. The number of rotatable bonds is 7. The van der Waals surface area contributed by atoms with Crippen LogP contribution in [0.15, 0.2) is 53.4 Å². The summed E-state index contributed by atoms with van der Waals surface area (Å²) in [5.74, 6) is -0.976. The summed E-state index contributed by atoms with van der Waals surface area (Å²) in [6.45, 7) is 0.894. The Morgan fingerprint density at radius 1 is 1.20 bits per heavy atom. The average Bonchev–Trinajstić information content (AvgIpc) is 2.78. The van der Waals surface area contributed by atoms with Crippen LogP contribution in [-0.2, 0) is 21.5 Å². The summed E-state index contributed by atoms with van der Waals surface area (Å²) in [4.78, 5) is 13.8. The number of piperidine rings is 1. The summed E-state index contributed by atoms with van der Waals surface area (Å²) in [7, 11) is -2.37. The molecule has 0 aliphatic carbocycles. The summed E-state index contributed by atoms with van der Waals surface area (Å²) >= 11 is 1.66. The summed E-state index contributed by atoms with van der Waals surface area (Å²) in [5, 5.41) is 2.92. The van der Waals surface area contributed by atoms with Crippen LogP contribution in [0.5, 0.6) is 0 Å². The SMILES string of the molecule is CSc1ccc(CNC(=O)[C@H]2CCCN(S(=O)(=O)N(C)c3ccc(F)cc3)C2)cc1. The van der Waals surface area contributed by atoms with Gasteiger partial charge in [-0.25, -0.2) is 4.39 Å². The van der Waals surface area contributed by atoms with Gasteiger partial charge in [0.1, 0.15) is 5.82 Å². The molecule has 0 bridgehead atoms. The number of nitrogens with one attached hydrogen (secondary N) is 1. The Morgan fingerprint density at radius 3 is 2.50 bits per heavy atom. The normalized spacial score (nSPS) is 17.5. The fourth-order valence-corrected chi connectivity index (χ4v) is 5.27. The summed E-state index contributed by atoms with van der Waals surface area (Å²) in [6.07, 6.45) is 3.26. The zero-order valence-electron chi connectivity index (χ0n) is 17.0. The molecule has 2 aromatic rings. The third-order valence-electron chi connectivity index (χ3n) is 5.24. The number of carbonyl (C=O) groups is 1. The molecule has 0 spiro atoms. The molecule has 1 aliphatic heterocycles. The Morgan fingerprint density at radius 2 is 1.87 bits per heavy atom. The van der Waals surface area contributed by atoms with E-state index in [0.717, 1.165) is 14.8 Å². The Bertz CT molecular complexity index is 966. The van der Waals surface area contributed by atoms with Crippen LogP contribution in [0.25, 0.3) is 0 Å². The van der Waals surface area contributed by atoms with Crippen molar-refractivity contribution in [3.05, 3.63) is 59.9 Å². The number of benzene rings is 2. The third-order valence-corrected chi connectivity index (χ3v) is 7.87. The lowest BCUT2D eigenvalue weighted by Crippen LogP contribution is -2.49. The van der Waals surface area contributed by atoms with Crippen molar-refractivity contribution in [1.82, 2.24) is 9.62 Å². The smallest absolute Gasteiger partial charge is 0.303 e.